The Labute approximate surface area is 215 Å². The van der Waals surface area contributed by atoms with Crippen LogP contribution in [-0.2, 0) is 10.3 Å². The average molecular weight is 495 g/mol. The average Bonchev–Trinajstić information content (AvgIpc) is 3.18. The van der Waals surface area contributed by atoms with Gasteiger partial charge in [-0.15, -0.1) is 0 Å². The topological polar surface area (TPSA) is 59.6 Å². The van der Waals surface area contributed by atoms with E-state index in [4.69, 9.17) is 9.47 Å². The molecule has 2 N–H and O–H groups in total. The summed E-state index contributed by atoms with van der Waals surface area (Å²) in [5.74, 6) is 1.06. The number of anilines is 3. The first kappa shape index (κ1) is 23.1. The highest BCUT2D eigenvalue weighted by Gasteiger charge is 2.53. The second-order valence-electron chi connectivity index (χ2n) is 9.85. The molecule has 1 atom stereocenters. The summed E-state index contributed by atoms with van der Waals surface area (Å²) < 4.78 is 27.0. The lowest BCUT2D eigenvalue weighted by Crippen LogP contribution is -2.33. The highest BCUT2D eigenvalue weighted by molar-refractivity contribution is 5.97. The van der Waals surface area contributed by atoms with E-state index in [1.54, 1.807) is 24.3 Å². The zero-order chi connectivity index (χ0) is 25.6. The molecular weight excluding hydrogens is 467 g/mol. The Bertz CT molecular complexity index is 1520. The van der Waals surface area contributed by atoms with Crippen LogP contribution < -0.4 is 15.4 Å². The van der Waals surface area contributed by atoms with E-state index in [0.717, 1.165) is 29.8 Å². The minimum absolute atomic E-state index is 0.355. The van der Waals surface area contributed by atoms with E-state index in [1.165, 1.54) is 6.07 Å². The third-order valence-electron chi connectivity index (χ3n) is 6.92. The first-order chi connectivity index (χ1) is 18.0. The predicted octanol–water partition coefficient (Wildman–Crippen LogP) is 7.60. The van der Waals surface area contributed by atoms with Crippen molar-refractivity contribution < 1.29 is 18.7 Å². The van der Waals surface area contributed by atoms with E-state index in [1.807, 2.05) is 54.6 Å². The number of benzene rings is 4. The van der Waals surface area contributed by atoms with Gasteiger partial charge in [0.2, 0.25) is 0 Å². The second-order valence-corrected chi connectivity index (χ2v) is 9.85. The molecule has 6 heteroatoms. The maximum absolute atomic E-state index is 14.4. The van der Waals surface area contributed by atoms with Crippen molar-refractivity contribution in [1.29, 1.82) is 0 Å². The van der Waals surface area contributed by atoms with Crippen molar-refractivity contribution >= 4 is 23.0 Å². The number of carbonyl (C=O) groups excluding carboxylic acids is 1. The van der Waals surface area contributed by atoms with Crippen LogP contribution >= 0.6 is 0 Å². The molecule has 2 aliphatic heterocycles. The van der Waals surface area contributed by atoms with Gasteiger partial charge in [-0.25, -0.2) is 9.18 Å². The molecule has 186 valence electrons. The van der Waals surface area contributed by atoms with E-state index in [2.05, 4.69) is 24.5 Å². The van der Waals surface area contributed by atoms with Crippen molar-refractivity contribution in [2.24, 2.45) is 5.92 Å². The van der Waals surface area contributed by atoms with Crippen molar-refractivity contribution in [3.63, 3.8) is 0 Å². The van der Waals surface area contributed by atoms with Gasteiger partial charge in [0.1, 0.15) is 17.3 Å². The number of hydrogen-bond donors (Lipinski definition) is 2. The fourth-order valence-electron chi connectivity index (χ4n) is 5.08. The summed E-state index contributed by atoms with van der Waals surface area (Å²) >= 11 is 0. The van der Waals surface area contributed by atoms with Gasteiger partial charge in [0, 0.05) is 40.7 Å². The number of para-hydroxylation sites is 1. The van der Waals surface area contributed by atoms with Crippen molar-refractivity contribution in [1.82, 2.24) is 0 Å². The quantitative estimate of drug-likeness (QED) is 0.270. The highest BCUT2D eigenvalue weighted by Crippen LogP contribution is 2.56. The van der Waals surface area contributed by atoms with Crippen LogP contribution in [-0.4, -0.2) is 12.5 Å². The molecule has 37 heavy (non-hydrogen) atoms. The van der Waals surface area contributed by atoms with Crippen LogP contribution in [0.1, 0.15) is 47.3 Å². The highest BCUT2D eigenvalue weighted by atomic mass is 19.1. The van der Waals surface area contributed by atoms with E-state index in [-0.39, 0.29) is 11.8 Å². The first-order valence-corrected chi connectivity index (χ1v) is 12.5. The molecule has 0 fully saturated rings. The minimum atomic E-state index is -1.18. The van der Waals surface area contributed by atoms with Gasteiger partial charge < -0.3 is 20.1 Å². The second kappa shape index (κ2) is 8.96. The SMILES string of the molecule is CC(C)CCNc1ccc2c(c1)Oc1ccc(Nc3ccccc3F)cc1C21OC(=O)c2ccccc21. The number of hydrogen-bond acceptors (Lipinski definition) is 5. The van der Waals surface area contributed by atoms with Gasteiger partial charge in [-0.1, -0.05) is 44.2 Å². The Balaban J connectivity index is 1.48. The molecule has 1 spiro atoms. The molecule has 4 aromatic rings. The third-order valence-corrected chi connectivity index (χ3v) is 6.92. The zero-order valence-corrected chi connectivity index (χ0v) is 20.7. The van der Waals surface area contributed by atoms with Crippen molar-refractivity contribution in [3.8, 4) is 11.5 Å². The lowest BCUT2D eigenvalue weighted by Gasteiger charge is -2.37. The summed E-state index contributed by atoms with van der Waals surface area (Å²) in [4.78, 5) is 13.1. The van der Waals surface area contributed by atoms with Gasteiger partial charge in [0.25, 0.3) is 0 Å². The fourth-order valence-corrected chi connectivity index (χ4v) is 5.08. The maximum atomic E-state index is 14.4. The summed E-state index contributed by atoms with van der Waals surface area (Å²) in [5.41, 5.74) is 3.48. The molecule has 0 radical (unpaired) electrons. The van der Waals surface area contributed by atoms with E-state index < -0.39 is 5.60 Å². The smallest absolute Gasteiger partial charge is 0.340 e. The summed E-state index contributed by atoms with van der Waals surface area (Å²) in [7, 11) is 0. The lowest BCUT2D eigenvalue weighted by molar-refractivity contribution is 0.0224. The van der Waals surface area contributed by atoms with E-state index in [0.29, 0.717) is 39.9 Å². The van der Waals surface area contributed by atoms with Gasteiger partial charge in [-0.3, -0.25) is 0 Å². The Morgan fingerprint density at radius 2 is 1.62 bits per heavy atom. The van der Waals surface area contributed by atoms with E-state index in [9.17, 15) is 9.18 Å². The Hall–Kier alpha value is -4.32. The summed E-state index contributed by atoms with van der Waals surface area (Å²) in [6, 6.07) is 25.4. The van der Waals surface area contributed by atoms with Gasteiger partial charge in [0.15, 0.2) is 5.60 Å². The largest absolute Gasteiger partial charge is 0.456 e. The van der Waals surface area contributed by atoms with Crippen molar-refractivity contribution in [2.75, 3.05) is 17.2 Å². The van der Waals surface area contributed by atoms with Crippen LogP contribution in [0.3, 0.4) is 0 Å². The Morgan fingerprint density at radius 1 is 0.838 bits per heavy atom. The first-order valence-electron chi connectivity index (χ1n) is 12.5. The molecule has 0 bridgehead atoms. The zero-order valence-electron chi connectivity index (χ0n) is 20.7. The van der Waals surface area contributed by atoms with Gasteiger partial charge >= 0.3 is 5.97 Å². The number of ether oxygens (including phenoxy) is 2. The van der Waals surface area contributed by atoms with Crippen LogP contribution in [0.4, 0.5) is 21.5 Å². The monoisotopic (exact) mass is 494 g/mol. The van der Waals surface area contributed by atoms with Crippen LogP contribution in [0, 0.1) is 11.7 Å². The Morgan fingerprint density at radius 3 is 2.46 bits per heavy atom. The normalized spacial score (nSPS) is 17.0. The molecule has 0 aliphatic carbocycles. The molecule has 0 saturated carbocycles. The van der Waals surface area contributed by atoms with Crippen LogP contribution in [0.15, 0.2) is 84.9 Å². The number of carbonyl (C=O) groups is 1. The number of esters is 1. The lowest BCUT2D eigenvalue weighted by atomic mass is 9.77. The van der Waals surface area contributed by atoms with Crippen molar-refractivity contribution in [2.45, 2.75) is 25.9 Å². The fraction of sp³-hybridized carbons (Fsp3) is 0.194. The molecule has 0 saturated heterocycles. The van der Waals surface area contributed by atoms with E-state index >= 15 is 0 Å². The number of rotatable bonds is 6. The summed E-state index contributed by atoms with van der Waals surface area (Å²) in [5, 5.41) is 6.61. The standard InChI is InChI=1S/C31H27FN2O3/c1-19(2)15-16-33-20-11-13-24-29(18-20)36-28-14-12-21(34-27-10-6-5-9-26(27)32)17-25(28)31(24)23-8-4-3-7-22(23)30(35)37-31/h3-14,17-19,33-34H,15-16H2,1-2H3. The van der Waals surface area contributed by atoms with Gasteiger partial charge in [-0.05, 0) is 60.9 Å². The molecule has 1 unspecified atom stereocenters. The number of nitrogens with one attached hydrogen (secondary N) is 2. The summed E-state index contributed by atoms with van der Waals surface area (Å²) in [6.07, 6.45) is 1.05. The van der Waals surface area contributed by atoms with Crippen molar-refractivity contribution in [3.05, 3.63) is 113 Å². The van der Waals surface area contributed by atoms with Crippen LogP contribution in [0.2, 0.25) is 0 Å². The summed E-state index contributed by atoms with van der Waals surface area (Å²) in [6.45, 7) is 5.24. The molecular formula is C31H27FN2O3. The van der Waals surface area contributed by atoms with Crippen LogP contribution in [0.5, 0.6) is 11.5 Å². The Kier molecular flexibility index (Phi) is 5.60. The maximum Gasteiger partial charge on any atom is 0.340 e. The molecule has 4 aromatic carbocycles. The molecule has 2 aliphatic rings. The van der Waals surface area contributed by atoms with Gasteiger partial charge in [0.05, 0.1) is 11.3 Å². The van der Waals surface area contributed by atoms with Crippen LogP contribution in [0.25, 0.3) is 0 Å². The number of fused-ring (bicyclic) bond motifs is 6. The molecule has 6 rings (SSSR count). The minimum Gasteiger partial charge on any atom is -0.456 e. The number of halogens is 1. The predicted molar refractivity (Wildman–Crippen MR) is 142 cm³/mol. The molecule has 2 heterocycles. The molecule has 0 aromatic heterocycles. The third kappa shape index (κ3) is 3.89. The molecule has 0 amide bonds. The molecule has 5 nitrogen and oxygen atoms in total. The van der Waals surface area contributed by atoms with Gasteiger partial charge in [-0.2, -0.15) is 0 Å².